The zero-order valence-electron chi connectivity index (χ0n) is 10.0. The lowest BCUT2D eigenvalue weighted by Crippen LogP contribution is -2.41. The van der Waals surface area contributed by atoms with E-state index in [0.717, 1.165) is 6.42 Å². The Morgan fingerprint density at radius 1 is 1.40 bits per heavy atom. The molecule has 3 heteroatoms. The van der Waals surface area contributed by atoms with Gasteiger partial charge in [-0.15, -0.1) is 0 Å². The third-order valence-electron chi connectivity index (χ3n) is 3.41. The van der Waals surface area contributed by atoms with Gasteiger partial charge in [-0.05, 0) is 25.7 Å². The molecular weight excluding hydrogens is 190 g/mol. The van der Waals surface area contributed by atoms with E-state index in [4.69, 9.17) is 10.5 Å². The number of nitrogens with two attached hydrogens (primary N) is 1. The van der Waals surface area contributed by atoms with Crippen LogP contribution in [0.4, 0.5) is 0 Å². The van der Waals surface area contributed by atoms with E-state index in [-0.39, 0.29) is 6.54 Å². The Balaban J connectivity index is 2.35. The maximum absolute atomic E-state index is 9.76. The molecule has 0 spiro atoms. The van der Waals surface area contributed by atoms with Crippen LogP contribution in [0.5, 0.6) is 0 Å². The van der Waals surface area contributed by atoms with E-state index in [2.05, 4.69) is 6.92 Å². The van der Waals surface area contributed by atoms with Gasteiger partial charge in [-0.2, -0.15) is 0 Å². The Morgan fingerprint density at radius 3 is 2.67 bits per heavy atom. The fourth-order valence-electron chi connectivity index (χ4n) is 2.21. The summed E-state index contributed by atoms with van der Waals surface area (Å²) in [5.41, 5.74) is 4.59. The summed E-state index contributed by atoms with van der Waals surface area (Å²) < 4.78 is 5.81. The summed E-state index contributed by atoms with van der Waals surface area (Å²) in [5.74, 6) is 0.673. The number of rotatable bonds is 5. The molecule has 1 saturated carbocycles. The van der Waals surface area contributed by atoms with Crippen molar-refractivity contribution in [2.45, 2.75) is 57.7 Å². The predicted octanol–water partition coefficient (Wildman–Crippen LogP) is 1.68. The van der Waals surface area contributed by atoms with Gasteiger partial charge in [0.05, 0.1) is 18.3 Å². The van der Waals surface area contributed by atoms with Gasteiger partial charge < -0.3 is 15.6 Å². The highest BCUT2D eigenvalue weighted by atomic mass is 16.5. The lowest BCUT2D eigenvalue weighted by Gasteiger charge is -2.33. The normalized spacial score (nSPS) is 31.2. The zero-order valence-corrected chi connectivity index (χ0v) is 10.0. The third kappa shape index (κ3) is 4.09. The van der Waals surface area contributed by atoms with Gasteiger partial charge in [0.15, 0.2) is 0 Å². The molecule has 1 aliphatic carbocycles. The van der Waals surface area contributed by atoms with Gasteiger partial charge in [0.25, 0.3) is 0 Å². The molecule has 1 rings (SSSR count). The minimum absolute atomic E-state index is 0.260. The Hall–Kier alpha value is -0.120. The van der Waals surface area contributed by atoms with Gasteiger partial charge in [0, 0.05) is 6.54 Å². The van der Waals surface area contributed by atoms with Crippen LogP contribution >= 0.6 is 0 Å². The summed E-state index contributed by atoms with van der Waals surface area (Å²) in [6, 6.07) is 0. The molecule has 15 heavy (non-hydrogen) atoms. The van der Waals surface area contributed by atoms with Crippen molar-refractivity contribution in [3.63, 3.8) is 0 Å². The smallest absolute Gasteiger partial charge is 0.0973 e. The lowest BCUT2D eigenvalue weighted by molar-refractivity contribution is -0.0851. The quantitative estimate of drug-likeness (QED) is 0.733. The van der Waals surface area contributed by atoms with Crippen molar-refractivity contribution in [2.75, 3.05) is 13.2 Å². The molecule has 1 fully saturated rings. The molecule has 3 nitrogen and oxygen atoms in total. The van der Waals surface area contributed by atoms with Gasteiger partial charge in [-0.1, -0.05) is 26.2 Å². The summed E-state index contributed by atoms with van der Waals surface area (Å²) in [5, 5.41) is 9.76. The summed E-state index contributed by atoms with van der Waals surface area (Å²) >= 11 is 0. The molecular formula is C12H25NO2. The largest absolute Gasteiger partial charge is 0.386 e. The Labute approximate surface area is 93.0 Å². The molecule has 0 bridgehead atoms. The topological polar surface area (TPSA) is 55.5 Å². The van der Waals surface area contributed by atoms with Crippen molar-refractivity contribution < 1.29 is 9.84 Å². The molecule has 0 aromatic heterocycles. The average Bonchev–Trinajstić information content (AvgIpc) is 2.27. The van der Waals surface area contributed by atoms with Crippen LogP contribution in [0.25, 0.3) is 0 Å². The molecule has 0 amide bonds. The fraction of sp³-hybridized carbons (Fsp3) is 1.00. The van der Waals surface area contributed by atoms with Gasteiger partial charge in [0.2, 0.25) is 0 Å². The van der Waals surface area contributed by atoms with Crippen LogP contribution in [-0.2, 0) is 4.74 Å². The van der Waals surface area contributed by atoms with Crippen LogP contribution in [0.1, 0.15) is 46.0 Å². The number of aliphatic hydroxyl groups is 1. The van der Waals surface area contributed by atoms with E-state index in [9.17, 15) is 5.11 Å². The first kappa shape index (κ1) is 12.9. The van der Waals surface area contributed by atoms with Crippen molar-refractivity contribution in [1.82, 2.24) is 0 Å². The number of ether oxygens (including phenoxy) is 1. The molecule has 0 saturated heterocycles. The van der Waals surface area contributed by atoms with Crippen LogP contribution in [0, 0.1) is 5.92 Å². The van der Waals surface area contributed by atoms with Gasteiger partial charge in [-0.3, -0.25) is 0 Å². The standard InChI is InChI=1S/C12H25NO2/c1-3-10-6-4-5-7-11(10)15-9-12(2,14)8-13/h10-11,14H,3-9,13H2,1-2H3. The summed E-state index contributed by atoms with van der Waals surface area (Å²) in [6.07, 6.45) is 6.50. The minimum Gasteiger partial charge on any atom is -0.386 e. The summed E-state index contributed by atoms with van der Waals surface area (Å²) in [7, 11) is 0. The zero-order chi connectivity index (χ0) is 11.3. The second-order valence-corrected chi connectivity index (χ2v) is 5.00. The van der Waals surface area contributed by atoms with E-state index in [1.165, 1.54) is 25.7 Å². The predicted molar refractivity (Wildman–Crippen MR) is 61.7 cm³/mol. The van der Waals surface area contributed by atoms with E-state index >= 15 is 0 Å². The number of hydrogen-bond donors (Lipinski definition) is 2. The number of hydrogen-bond acceptors (Lipinski definition) is 3. The van der Waals surface area contributed by atoms with Crippen LogP contribution < -0.4 is 5.73 Å². The maximum atomic E-state index is 9.76. The summed E-state index contributed by atoms with van der Waals surface area (Å²) in [6.45, 7) is 4.57. The first-order chi connectivity index (χ1) is 7.09. The van der Waals surface area contributed by atoms with Gasteiger partial charge >= 0.3 is 0 Å². The second-order valence-electron chi connectivity index (χ2n) is 5.00. The van der Waals surface area contributed by atoms with Crippen LogP contribution in [-0.4, -0.2) is 30.0 Å². The molecule has 0 radical (unpaired) electrons. The SMILES string of the molecule is CCC1CCCCC1OCC(C)(O)CN. The van der Waals surface area contributed by atoms with Crippen molar-refractivity contribution in [3.8, 4) is 0 Å². The highest BCUT2D eigenvalue weighted by molar-refractivity contribution is 4.78. The van der Waals surface area contributed by atoms with Gasteiger partial charge in [-0.25, -0.2) is 0 Å². The van der Waals surface area contributed by atoms with Crippen LogP contribution in [0.3, 0.4) is 0 Å². The van der Waals surface area contributed by atoms with Crippen LogP contribution in [0.2, 0.25) is 0 Å². The molecule has 0 aromatic carbocycles. The van der Waals surface area contributed by atoms with E-state index < -0.39 is 5.60 Å². The van der Waals surface area contributed by atoms with E-state index in [1.807, 2.05) is 0 Å². The first-order valence-corrected chi connectivity index (χ1v) is 6.13. The lowest BCUT2D eigenvalue weighted by atomic mass is 9.84. The van der Waals surface area contributed by atoms with Crippen molar-refractivity contribution in [3.05, 3.63) is 0 Å². The molecule has 0 aromatic rings. The molecule has 1 aliphatic rings. The second kappa shape index (κ2) is 5.83. The highest BCUT2D eigenvalue weighted by Gasteiger charge is 2.27. The van der Waals surface area contributed by atoms with Crippen molar-refractivity contribution in [2.24, 2.45) is 11.7 Å². The van der Waals surface area contributed by atoms with Gasteiger partial charge in [0.1, 0.15) is 0 Å². The summed E-state index contributed by atoms with van der Waals surface area (Å²) in [4.78, 5) is 0. The van der Waals surface area contributed by atoms with Crippen molar-refractivity contribution >= 4 is 0 Å². The molecule has 3 atom stereocenters. The molecule has 0 aliphatic heterocycles. The molecule has 0 heterocycles. The monoisotopic (exact) mass is 215 g/mol. The van der Waals surface area contributed by atoms with E-state index in [0.29, 0.717) is 18.6 Å². The Morgan fingerprint density at radius 2 is 2.07 bits per heavy atom. The third-order valence-corrected chi connectivity index (χ3v) is 3.41. The van der Waals surface area contributed by atoms with E-state index in [1.54, 1.807) is 6.92 Å². The molecule has 3 unspecified atom stereocenters. The average molecular weight is 215 g/mol. The maximum Gasteiger partial charge on any atom is 0.0973 e. The molecule has 90 valence electrons. The van der Waals surface area contributed by atoms with Crippen molar-refractivity contribution in [1.29, 1.82) is 0 Å². The first-order valence-electron chi connectivity index (χ1n) is 6.13. The minimum atomic E-state index is -0.865. The fourth-order valence-corrected chi connectivity index (χ4v) is 2.21. The highest BCUT2D eigenvalue weighted by Crippen LogP contribution is 2.29. The Bertz CT molecular complexity index is 182. The molecule has 3 N–H and O–H groups in total. The van der Waals surface area contributed by atoms with Crippen LogP contribution in [0.15, 0.2) is 0 Å². The Kier molecular flexibility index (Phi) is 5.03.